The molecule has 0 fully saturated rings. The summed E-state index contributed by atoms with van der Waals surface area (Å²) in [7, 11) is 0. The SMILES string of the molecule is Cc1ccc2cc(CN(Cc3cccs3)C(=O)Nc3ccccc3F)c(=O)[nH]c2c1. The van der Waals surface area contributed by atoms with Crippen molar-refractivity contribution >= 4 is 34.0 Å². The molecular weight excluding hydrogens is 401 g/mol. The number of amides is 2. The minimum atomic E-state index is -0.513. The lowest BCUT2D eigenvalue weighted by atomic mass is 10.1. The highest BCUT2D eigenvalue weighted by molar-refractivity contribution is 7.09. The Labute approximate surface area is 176 Å². The summed E-state index contributed by atoms with van der Waals surface area (Å²) in [4.78, 5) is 31.0. The van der Waals surface area contributed by atoms with Crippen molar-refractivity contribution in [2.45, 2.75) is 20.0 Å². The molecule has 7 heteroatoms. The maximum atomic E-state index is 14.0. The first kappa shape index (κ1) is 19.8. The van der Waals surface area contributed by atoms with Crippen LogP contribution in [0.1, 0.15) is 16.0 Å². The maximum Gasteiger partial charge on any atom is 0.322 e. The van der Waals surface area contributed by atoms with Gasteiger partial charge in [-0.3, -0.25) is 4.79 Å². The van der Waals surface area contributed by atoms with Crippen LogP contribution in [0, 0.1) is 12.7 Å². The molecule has 0 spiro atoms. The number of aromatic amines is 1. The molecule has 0 aliphatic rings. The van der Waals surface area contributed by atoms with Gasteiger partial charge in [-0.1, -0.05) is 30.3 Å². The monoisotopic (exact) mass is 421 g/mol. The fourth-order valence-corrected chi connectivity index (χ4v) is 3.95. The van der Waals surface area contributed by atoms with Gasteiger partial charge < -0.3 is 15.2 Å². The van der Waals surface area contributed by atoms with Crippen LogP contribution in [0.4, 0.5) is 14.9 Å². The number of fused-ring (bicyclic) bond motifs is 1. The van der Waals surface area contributed by atoms with Crippen molar-refractivity contribution in [1.82, 2.24) is 9.88 Å². The lowest BCUT2D eigenvalue weighted by Crippen LogP contribution is -2.35. The number of carbonyl (C=O) groups excluding carboxylic acids is 1. The molecule has 0 atom stereocenters. The molecule has 5 nitrogen and oxygen atoms in total. The highest BCUT2D eigenvalue weighted by Gasteiger charge is 2.18. The van der Waals surface area contributed by atoms with Crippen LogP contribution in [0.15, 0.2) is 70.8 Å². The molecule has 0 aliphatic heterocycles. The van der Waals surface area contributed by atoms with E-state index in [0.29, 0.717) is 12.1 Å². The number of hydrogen-bond donors (Lipinski definition) is 2. The number of benzene rings is 2. The molecule has 2 N–H and O–H groups in total. The first-order chi connectivity index (χ1) is 14.5. The van der Waals surface area contributed by atoms with Crippen molar-refractivity contribution in [3.05, 3.63) is 98.2 Å². The number of urea groups is 1. The number of carbonyl (C=O) groups is 1. The van der Waals surface area contributed by atoms with E-state index in [4.69, 9.17) is 0 Å². The van der Waals surface area contributed by atoms with Gasteiger partial charge in [-0.15, -0.1) is 11.3 Å². The molecule has 2 aromatic carbocycles. The van der Waals surface area contributed by atoms with Crippen molar-refractivity contribution < 1.29 is 9.18 Å². The topological polar surface area (TPSA) is 65.2 Å². The van der Waals surface area contributed by atoms with E-state index in [9.17, 15) is 14.0 Å². The van der Waals surface area contributed by atoms with Crippen LogP contribution in [0.3, 0.4) is 0 Å². The number of para-hydroxylation sites is 1. The number of H-pyrrole nitrogens is 1. The van der Waals surface area contributed by atoms with Crippen LogP contribution in [0.5, 0.6) is 0 Å². The normalized spacial score (nSPS) is 10.9. The van der Waals surface area contributed by atoms with Gasteiger partial charge in [-0.05, 0) is 53.6 Å². The summed E-state index contributed by atoms with van der Waals surface area (Å²) < 4.78 is 14.0. The number of rotatable bonds is 5. The molecule has 0 unspecified atom stereocenters. The lowest BCUT2D eigenvalue weighted by molar-refractivity contribution is 0.206. The average molecular weight is 421 g/mol. The molecule has 0 saturated carbocycles. The fourth-order valence-electron chi connectivity index (χ4n) is 3.23. The van der Waals surface area contributed by atoms with Crippen molar-refractivity contribution in [3.63, 3.8) is 0 Å². The minimum absolute atomic E-state index is 0.0946. The number of nitrogens with one attached hydrogen (secondary N) is 2. The smallest absolute Gasteiger partial charge is 0.322 e. The molecular formula is C23H20FN3O2S. The highest BCUT2D eigenvalue weighted by Crippen LogP contribution is 2.19. The molecule has 152 valence electrons. The molecule has 2 aromatic heterocycles. The summed E-state index contributed by atoms with van der Waals surface area (Å²) in [6, 6.07) is 17.0. The molecule has 0 bridgehead atoms. The van der Waals surface area contributed by atoms with Crippen molar-refractivity contribution in [3.8, 4) is 0 Å². The zero-order valence-corrected chi connectivity index (χ0v) is 17.1. The van der Waals surface area contributed by atoms with E-state index >= 15 is 0 Å². The zero-order chi connectivity index (χ0) is 21.1. The number of aromatic nitrogens is 1. The van der Waals surface area contributed by atoms with Gasteiger partial charge >= 0.3 is 6.03 Å². The highest BCUT2D eigenvalue weighted by atomic mass is 32.1. The zero-order valence-electron chi connectivity index (χ0n) is 16.3. The predicted molar refractivity (Wildman–Crippen MR) is 118 cm³/mol. The average Bonchev–Trinajstić information content (AvgIpc) is 3.23. The quantitative estimate of drug-likeness (QED) is 0.461. The van der Waals surface area contributed by atoms with E-state index in [-0.39, 0.29) is 17.8 Å². The lowest BCUT2D eigenvalue weighted by Gasteiger charge is -2.23. The molecule has 2 heterocycles. The molecule has 0 radical (unpaired) electrons. The maximum absolute atomic E-state index is 14.0. The second kappa shape index (κ2) is 8.51. The van der Waals surface area contributed by atoms with Gasteiger partial charge in [0, 0.05) is 16.0 Å². The Hall–Kier alpha value is -3.45. The Bertz CT molecular complexity index is 1250. The van der Waals surface area contributed by atoms with Gasteiger partial charge in [0.05, 0.1) is 18.8 Å². The number of pyridine rings is 1. The third kappa shape index (κ3) is 4.41. The van der Waals surface area contributed by atoms with Gasteiger partial charge in [0.15, 0.2) is 0 Å². The summed E-state index contributed by atoms with van der Waals surface area (Å²) in [6.45, 7) is 2.36. The van der Waals surface area contributed by atoms with Crippen molar-refractivity contribution in [2.24, 2.45) is 0 Å². The summed E-state index contributed by atoms with van der Waals surface area (Å²) in [5, 5.41) is 5.43. The second-order valence-corrected chi connectivity index (χ2v) is 8.09. The number of aryl methyl sites for hydroxylation is 1. The Balaban J connectivity index is 1.64. The predicted octanol–water partition coefficient (Wildman–Crippen LogP) is 5.27. The van der Waals surface area contributed by atoms with E-state index in [2.05, 4.69) is 10.3 Å². The molecule has 30 heavy (non-hydrogen) atoms. The van der Waals surface area contributed by atoms with Crippen LogP contribution in [0.2, 0.25) is 0 Å². The van der Waals surface area contributed by atoms with Crippen LogP contribution in [-0.2, 0) is 13.1 Å². The van der Waals surface area contributed by atoms with Crippen LogP contribution >= 0.6 is 11.3 Å². The number of halogens is 1. The fraction of sp³-hybridized carbons (Fsp3) is 0.130. The molecule has 4 aromatic rings. The van der Waals surface area contributed by atoms with Gasteiger partial charge in [0.25, 0.3) is 5.56 Å². The van der Waals surface area contributed by atoms with Gasteiger partial charge in [0.1, 0.15) is 5.82 Å². The first-order valence-electron chi connectivity index (χ1n) is 9.45. The van der Waals surface area contributed by atoms with E-state index in [1.54, 1.807) is 18.2 Å². The van der Waals surface area contributed by atoms with E-state index in [1.165, 1.54) is 28.4 Å². The Morgan fingerprint density at radius 1 is 1.10 bits per heavy atom. The largest absolute Gasteiger partial charge is 0.322 e. The minimum Gasteiger partial charge on any atom is -0.322 e. The van der Waals surface area contributed by atoms with Crippen LogP contribution < -0.4 is 10.9 Å². The van der Waals surface area contributed by atoms with Crippen LogP contribution in [0.25, 0.3) is 10.9 Å². The Morgan fingerprint density at radius 3 is 2.70 bits per heavy atom. The molecule has 2 amide bonds. The molecule has 0 saturated heterocycles. The van der Waals surface area contributed by atoms with Gasteiger partial charge in [-0.25, -0.2) is 9.18 Å². The van der Waals surface area contributed by atoms with Gasteiger partial charge in [0.2, 0.25) is 0 Å². The molecule has 0 aliphatic carbocycles. The number of nitrogens with zero attached hydrogens (tertiary/aromatic N) is 1. The van der Waals surface area contributed by atoms with Gasteiger partial charge in [-0.2, -0.15) is 0 Å². The number of hydrogen-bond acceptors (Lipinski definition) is 3. The Morgan fingerprint density at radius 2 is 1.93 bits per heavy atom. The van der Waals surface area contributed by atoms with E-state index < -0.39 is 11.8 Å². The third-order valence-corrected chi connectivity index (χ3v) is 5.63. The van der Waals surface area contributed by atoms with Crippen molar-refractivity contribution in [1.29, 1.82) is 0 Å². The third-order valence-electron chi connectivity index (χ3n) is 4.77. The first-order valence-corrected chi connectivity index (χ1v) is 10.3. The van der Waals surface area contributed by atoms with E-state index in [0.717, 1.165) is 21.3 Å². The summed E-state index contributed by atoms with van der Waals surface area (Å²) >= 11 is 1.52. The standard InChI is InChI=1S/C23H20FN3O2S/c1-15-8-9-16-12-17(22(28)25-21(16)11-15)13-27(14-18-5-4-10-30-18)23(29)26-20-7-3-2-6-19(20)24/h2-12H,13-14H2,1H3,(H,25,28)(H,26,29). The summed E-state index contributed by atoms with van der Waals surface area (Å²) in [5.41, 5.74) is 2.12. The summed E-state index contributed by atoms with van der Waals surface area (Å²) in [5.74, 6) is -0.513. The van der Waals surface area contributed by atoms with Crippen molar-refractivity contribution in [2.75, 3.05) is 5.32 Å². The Kier molecular flexibility index (Phi) is 5.63. The number of thiophene rings is 1. The second-order valence-electron chi connectivity index (χ2n) is 7.06. The van der Waals surface area contributed by atoms with Crippen LogP contribution in [-0.4, -0.2) is 15.9 Å². The van der Waals surface area contributed by atoms with E-state index in [1.807, 2.05) is 42.6 Å². The molecule has 4 rings (SSSR count). The summed E-state index contributed by atoms with van der Waals surface area (Å²) in [6.07, 6.45) is 0. The number of anilines is 1.